The second-order valence-electron chi connectivity index (χ2n) is 5.04. The monoisotopic (exact) mass is 328 g/mol. The van der Waals surface area contributed by atoms with E-state index in [-0.39, 0.29) is 23.9 Å². The average molecular weight is 328 g/mol. The van der Waals surface area contributed by atoms with Gasteiger partial charge in [0.1, 0.15) is 23.2 Å². The molecule has 0 saturated carbocycles. The van der Waals surface area contributed by atoms with E-state index in [2.05, 4.69) is 9.97 Å². The molecule has 4 nitrogen and oxygen atoms in total. The molecule has 2 aromatic carbocycles. The number of carbonyl (C=O) groups is 1. The number of halogens is 2. The summed E-state index contributed by atoms with van der Waals surface area (Å²) in [5.41, 5.74) is 1.72. The summed E-state index contributed by atoms with van der Waals surface area (Å²) in [4.78, 5) is 19.5. The Balaban J connectivity index is 2.10. The van der Waals surface area contributed by atoms with Crippen molar-refractivity contribution in [2.24, 2.45) is 0 Å². The summed E-state index contributed by atoms with van der Waals surface area (Å²) in [5.74, 6) is -0.907. The smallest absolute Gasteiger partial charge is 0.357 e. The first kappa shape index (κ1) is 15.9. The van der Waals surface area contributed by atoms with Crippen molar-refractivity contribution in [1.82, 2.24) is 9.97 Å². The van der Waals surface area contributed by atoms with E-state index >= 15 is 0 Å². The second kappa shape index (κ2) is 6.62. The van der Waals surface area contributed by atoms with Gasteiger partial charge in [-0.05, 0) is 55.5 Å². The molecule has 1 N–H and O–H groups in total. The number of ether oxygens (including phenoxy) is 1. The van der Waals surface area contributed by atoms with Gasteiger partial charge in [-0.3, -0.25) is 0 Å². The number of nitrogens with zero attached hydrogens (tertiary/aromatic N) is 1. The summed E-state index contributed by atoms with van der Waals surface area (Å²) < 4.78 is 31.3. The molecular weight excluding hydrogens is 314 g/mol. The SMILES string of the molecule is CCOC(=O)c1[nH]c(-c2ccc(F)cc2)nc1-c1ccc(F)cc1. The number of carbonyl (C=O) groups excluding carboxylic acids is 1. The molecule has 0 spiro atoms. The van der Waals surface area contributed by atoms with Gasteiger partial charge < -0.3 is 9.72 Å². The Bertz CT molecular complexity index is 856. The van der Waals surface area contributed by atoms with Crippen molar-refractivity contribution < 1.29 is 18.3 Å². The Morgan fingerprint density at radius 2 is 1.54 bits per heavy atom. The second-order valence-corrected chi connectivity index (χ2v) is 5.04. The molecule has 0 fully saturated rings. The van der Waals surface area contributed by atoms with Crippen molar-refractivity contribution in [3.8, 4) is 22.6 Å². The first-order valence-electron chi connectivity index (χ1n) is 7.37. The van der Waals surface area contributed by atoms with E-state index in [1.165, 1.54) is 36.4 Å². The van der Waals surface area contributed by atoms with Gasteiger partial charge in [0.2, 0.25) is 0 Å². The highest BCUT2D eigenvalue weighted by atomic mass is 19.1. The zero-order valence-electron chi connectivity index (χ0n) is 12.8. The van der Waals surface area contributed by atoms with Gasteiger partial charge in [0, 0.05) is 11.1 Å². The zero-order valence-corrected chi connectivity index (χ0v) is 12.8. The van der Waals surface area contributed by atoms with Crippen LogP contribution in [0.4, 0.5) is 8.78 Å². The molecule has 0 aliphatic carbocycles. The van der Waals surface area contributed by atoms with Crippen LogP contribution < -0.4 is 0 Å². The summed E-state index contributed by atoms with van der Waals surface area (Å²) >= 11 is 0. The number of aromatic amines is 1. The van der Waals surface area contributed by atoms with Crippen LogP contribution in [0, 0.1) is 11.6 Å². The van der Waals surface area contributed by atoms with Crippen LogP contribution in [-0.2, 0) is 4.74 Å². The fraction of sp³-hybridized carbons (Fsp3) is 0.111. The minimum Gasteiger partial charge on any atom is -0.461 e. The highest BCUT2D eigenvalue weighted by Crippen LogP contribution is 2.27. The summed E-state index contributed by atoms with van der Waals surface area (Å²) in [5, 5.41) is 0. The van der Waals surface area contributed by atoms with Crippen molar-refractivity contribution in [2.45, 2.75) is 6.92 Å². The molecule has 6 heteroatoms. The van der Waals surface area contributed by atoms with E-state index in [1.807, 2.05) is 0 Å². The van der Waals surface area contributed by atoms with E-state index in [4.69, 9.17) is 4.74 Å². The van der Waals surface area contributed by atoms with Gasteiger partial charge in [-0.1, -0.05) is 0 Å². The quantitative estimate of drug-likeness (QED) is 0.730. The molecule has 0 unspecified atom stereocenters. The molecule has 0 aliphatic rings. The Labute approximate surface area is 137 Å². The molecule has 3 rings (SSSR count). The number of H-pyrrole nitrogens is 1. The van der Waals surface area contributed by atoms with Crippen molar-refractivity contribution in [3.05, 3.63) is 65.9 Å². The molecule has 0 bridgehead atoms. The lowest BCUT2D eigenvalue weighted by Gasteiger charge is -2.02. The normalized spacial score (nSPS) is 10.6. The van der Waals surface area contributed by atoms with Crippen LogP contribution in [0.25, 0.3) is 22.6 Å². The van der Waals surface area contributed by atoms with E-state index in [9.17, 15) is 13.6 Å². The third kappa shape index (κ3) is 3.17. The number of esters is 1. The number of aromatic nitrogens is 2. The minimum atomic E-state index is -0.558. The summed E-state index contributed by atoms with van der Waals surface area (Å²) in [6.45, 7) is 1.92. The fourth-order valence-corrected chi connectivity index (χ4v) is 2.29. The van der Waals surface area contributed by atoms with Gasteiger partial charge in [-0.15, -0.1) is 0 Å². The Morgan fingerprint density at radius 1 is 1.00 bits per heavy atom. The minimum absolute atomic E-state index is 0.169. The number of hydrogen-bond acceptors (Lipinski definition) is 3. The number of benzene rings is 2. The molecule has 0 aliphatic heterocycles. The van der Waals surface area contributed by atoms with E-state index < -0.39 is 5.97 Å². The van der Waals surface area contributed by atoms with Crippen LogP contribution >= 0.6 is 0 Å². The maximum absolute atomic E-state index is 13.1. The lowest BCUT2D eigenvalue weighted by molar-refractivity contribution is 0.0521. The standard InChI is InChI=1S/C18H14F2N2O2/c1-2-24-18(23)16-15(11-3-7-13(19)8-4-11)21-17(22-16)12-5-9-14(20)10-6-12/h3-10H,2H2,1H3,(H,21,22). The molecular formula is C18H14F2N2O2. The van der Waals surface area contributed by atoms with Crippen molar-refractivity contribution in [3.63, 3.8) is 0 Å². The molecule has 3 aromatic rings. The highest BCUT2D eigenvalue weighted by molar-refractivity contribution is 5.95. The third-order valence-corrected chi connectivity index (χ3v) is 3.42. The van der Waals surface area contributed by atoms with Crippen molar-refractivity contribution in [2.75, 3.05) is 6.61 Å². The maximum atomic E-state index is 13.1. The van der Waals surface area contributed by atoms with Gasteiger partial charge in [0.15, 0.2) is 5.69 Å². The van der Waals surface area contributed by atoms with E-state index in [1.54, 1.807) is 19.1 Å². The fourth-order valence-electron chi connectivity index (χ4n) is 2.29. The van der Waals surface area contributed by atoms with E-state index in [0.717, 1.165) is 0 Å². The van der Waals surface area contributed by atoms with Crippen LogP contribution in [0.3, 0.4) is 0 Å². The first-order chi connectivity index (χ1) is 11.6. The molecule has 0 atom stereocenters. The predicted octanol–water partition coefficient (Wildman–Crippen LogP) is 4.20. The Morgan fingerprint density at radius 3 is 2.08 bits per heavy atom. The number of rotatable bonds is 4. The van der Waals surface area contributed by atoms with Crippen molar-refractivity contribution >= 4 is 5.97 Å². The number of imidazole rings is 1. The third-order valence-electron chi connectivity index (χ3n) is 3.42. The van der Waals surface area contributed by atoms with Gasteiger partial charge in [0.05, 0.1) is 6.61 Å². The lowest BCUT2D eigenvalue weighted by atomic mass is 10.1. The Hall–Kier alpha value is -3.02. The predicted molar refractivity (Wildman–Crippen MR) is 85.3 cm³/mol. The Kier molecular flexibility index (Phi) is 4.37. The van der Waals surface area contributed by atoms with Crippen molar-refractivity contribution in [1.29, 1.82) is 0 Å². The molecule has 0 amide bonds. The van der Waals surface area contributed by atoms with Gasteiger partial charge in [0.25, 0.3) is 0 Å². The molecule has 1 heterocycles. The summed E-state index contributed by atoms with van der Waals surface area (Å²) in [6.07, 6.45) is 0. The topological polar surface area (TPSA) is 55.0 Å². The van der Waals surface area contributed by atoms with Crippen LogP contribution in [0.2, 0.25) is 0 Å². The van der Waals surface area contributed by atoms with Crippen LogP contribution in [0.1, 0.15) is 17.4 Å². The summed E-state index contributed by atoms with van der Waals surface area (Å²) in [7, 11) is 0. The number of nitrogens with one attached hydrogen (secondary N) is 1. The van der Waals surface area contributed by atoms with Crippen LogP contribution in [-0.4, -0.2) is 22.5 Å². The average Bonchev–Trinajstić information content (AvgIpc) is 3.02. The molecule has 0 saturated heterocycles. The van der Waals surface area contributed by atoms with Gasteiger partial charge in [-0.2, -0.15) is 0 Å². The molecule has 24 heavy (non-hydrogen) atoms. The van der Waals surface area contributed by atoms with E-state index in [0.29, 0.717) is 22.6 Å². The number of hydrogen-bond donors (Lipinski definition) is 1. The summed E-state index contributed by atoms with van der Waals surface area (Å²) in [6, 6.07) is 11.4. The van der Waals surface area contributed by atoms with Crippen LogP contribution in [0.15, 0.2) is 48.5 Å². The highest BCUT2D eigenvalue weighted by Gasteiger charge is 2.20. The zero-order chi connectivity index (χ0) is 17.1. The van der Waals surface area contributed by atoms with Crippen LogP contribution in [0.5, 0.6) is 0 Å². The van der Waals surface area contributed by atoms with Gasteiger partial charge in [-0.25, -0.2) is 18.6 Å². The van der Waals surface area contributed by atoms with Gasteiger partial charge >= 0.3 is 5.97 Å². The maximum Gasteiger partial charge on any atom is 0.357 e. The lowest BCUT2D eigenvalue weighted by Crippen LogP contribution is -2.06. The first-order valence-corrected chi connectivity index (χ1v) is 7.37. The molecule has 1 aromatic heterocycles. The largest absolute Gasteiger partial charge is 0.461 e. The molecule has 122 valence electrons. The molecule has 0 radical (unpaired) electrons.